The fourth-order valence-electron chi connectivity index (χ4n) is 4.15. The van der Waals surface area contributed by atoms with Gasteiger partial charge in [-0.1, -0.05) is 12.1 Å². The highest BCUT2D eigenvalue weighted by Gasteiger charge is 2.17. The summed E-state index contributed by atoms with van der Waals surface area (Å²) in [6.45, 7) is 1.65. The molecule has 0 atom stereocenters. The number of imidazole rings is 1. The van der Waals surface area contributed by atoms with Crippen molar-refractivity contribution in [3.05, 3.63) is 95.8 Å². The summed E-state index contributed by atoms with van der Waals surface area (Å²) in [4.78, 5) is 22.4. The molecule has 41 heavy (non-hydrogen) atoms. The molecule has 0 saturated heterocycles. The summed E-state index contributed by atoms with van der Waals surface area (Å²) in [7, 11) is 1.99. The maximum absolute atomic E-state index is 14.7. The lowest BCUT2D eigenvalue weighted by Gasteiger charge is -2.09. The van der Waals surface area contributed by atoms with E-state index in [1.165, 1.54) is 41.7 Å². The number of thioether (sulfide) groups is 1. The van der Waals surface area contributed by atoms with Gasteiger partial charge in [0.05, 0.1) is 39.1 Å². The molecule has 5 rings (SSSR count). The van der Waals surface area contributed by atoms with Gasteiger partial charge in [0.1, 0.15) is 29.0 Å². The number of carbonyl (C=O) groups is 1. The lowest BCUT2D eigenvalue weighted by Crippen LogP contribution is -2.27. The molecular formula is C29H28F2N6O2S2. The molecule has 3 N–H and O–H groups in total. The van der Waals surface area contributed by atoms with Crippen molar-refractivity contribution >= 4 is 45.0 Å². The predicted octanol–water partition coefficient (Wildman–Crippen LogP) is 6.51. The van der Waals surface area contributed by atoms with Crippen LogP contribution in [0.2, 0.25) is 0 Å². The van der Waals surface area contributed by atoms with E-state index in [9.17, 15) is 13.6 Å². The van der Waals surface area contributed by atoms with Crippen molar-refractivity contribution in [3.8, 4) is 16.5 Å². The highest BCUT2D eigenvalue weighted by Crippen LogP contribution is 2.38. The number of benzene rings is 1. The summed E-state index contributed by atoms with van der Waals surface area (Å²) in [5, 5.41) is 8.37. The SMILES string of the molecule is CSCCNCc1cnc(-c2cc3nccc(OC4=CC=C(NC(=O)Nc5ccccc5F)C=C(F)C4)c3s2)n1C. The summed E-state index contributed by atoms with van der Waals surface area (Å²) in [5.74, 6) is 1.69. The van der Waals surface area contributed by atoms with E-state index in [0.29, 0.717) is 11.5 Å². The number of nitrogens with zero attached hydrogens (tertiary/aromatic N) is 3. The fourth-order valence-corrected chi connectivity index (χ4v) is 5.59. The van der Waals surface area contributed by atoms with Crippen molar-refractivity contribution in [2.75, 3.05) is 23.9 Å². The summed E-state index contributed by atoms with van der Waals surface area (Å²) >= 11 is 3.30. The van der Waals surface area contributed by atoms with Crippen molar-refractivity contribution in [2.45, 2.75) is 13.0 Å². The van der Waals surface area contributed by atoms with Gasteiger partial charge in [-0.2, -0.15) is 11.8 Å². The van der Waals surface area contributed by atoms with Gasteiger partial charge < -0.3 is 25.3 Å². The number of nitrogens with one attached hydrogen (secondary N) is 3. The monoisotopic (exact) mass is 594 g/mol. The first-order valence-electron chi connectivity index (χ1n) is 12.8. The Bertz CT molecular complexity index is 1660. The molecule has 0 bridgehead atoms. The van der Waals surface area contributed by atoms with Gasteiger partial charge in [-0.15, -0.1) is 11.3 Å². The van der Waals surface area contributed by atoms with Gasteiger partial charge >= 0.3 is 6.03 Å². The molecule has 0 spiro atoms. The van der Waals surface area contributed by atoms with Crippen LogP contribution in [0.4, 0.5) is 19.3 Å². The number of ether oxygens (including phenoxy) is 1. The minimum atomic E-state index is -0.696. The number of carbonyl (C=O) groups excluding carboxylic acids is 1. The summed E-state index contributed by atoms with van der Waals surface area (Å²) in [6, 6.07) is 8.80. The second-order valence-corrected chi connectivity index (χ2v) is 11.2. The Morgan fingerprint density at radius 3 is 2.85 bits per heavy atom. The van der Waals surface area contributed by atoms with Gasteiger partial charge in [-0.05, 0) is 42.7 Å². The first-order chi connectivity index (χ1) is 19.9. The molecule has 0 fully saturated rings. The van der Waals surface area contributed by atoms with Crippen molar-refractivity contribution in [2.24, 2.45) is 7.05 Å². The third kappa shape index (κ3) is 7.02. The zero-order chi connectivity index (χ0) is 28.8. The lowest BCUT2D eigenvalue weighted by molar-refractivity contribution is 0.254. The van der Waals surface area contributed by atoms with Crippen molar-refractivity contribution in [1.29, 1.82) is 0 Å². The Labute approximate surface area is 244 Å². The second kappa shape index (κ2) is 13.1. The molecule has 0 unspecified atom stereocenters. The number of pyridine rings is 1. The molecule has 212 valence electrons. The molecule has 8 nitrogen and oxygen atoms in total. The molecule has 1 aromatic carbocycles. The van der Waals surface area contributed by atoms with E-state index in [2.05, 4.69) is 36.7 Å². The van der Waals surface area contributed by atoms with Crippen LogP contribution in [-0.4, -0.2) is 39.1 Å². The molecule has 0 radical (unpaired) electrons. The summed E-state index contributed by atoms with van der Waals surface area (Å²) in [5.41, 5.74) is 2.04. The van der Waals surface area contributed by atoms with Gasteiger partial charge in [-0.25, -0.2) is 18.6 Å². The summed E-state index contributed by atoms with van der Waals surface area (Å²) in [6.07, 6.45) is 9.82. The van der Waals surface area contributed by atoms with Crippen LogP contribution in [0.25, 0.3) is 20.9 Å². The van der Waals surface area contributed by atoms with Gasteiger partial charge in [0.25, 0.3) is 0 Å². The van der Waals surface area contributed by atoms with Crippen molar-refractivity contribution < 1.29 is 18.3 Å². The van der Waals surface area contributed by atoms with E-state index >= 15 is 0 Å². The number of amides is 2. The van der Waals surface area contributed by atoms with E-state index in [0.717, 1.165) is 45.5 Å². The van der Waals surface area contributed by atoms with Gasteiger partial charge in [0.15, 0.2) is 0 Å². The van der Waals surface area contributed by atoms with E-state index in [4.69, 9.17) is 4.74 Å². The Hall–Kier alpha value is -4.00. The number of urea groups is 1. The topological polar surface area (TPSA) is 93.1 Å². The molecule has 3 aromatic heterocycles. The molecular weight excluding hydrogens is 566 g/mol. The minimum absolute atomic E-state index is 0.0184. The number of hydrogen-bond acceptors (Lipinski definition) is 7. The van der Waals surface area contributed by atoms with E-state index < -0.39 is 17.7 Å². The van der Waals surface area contributed by atoms with E-state index in [1.807, 2.05) is 19.3 Å². The second-order valence-electron chi connectivity index (χ2n) is 9.12. The molecule has 2 amide bonds. The molecule has 0 saturated carbocycles. The van der Waals surface area contributed by atoms with Crippen LogP contribution >= 0.6 is 23.1 Å². The average Bonchev–Trinajstić information content (AvgIpc) is 3.49. The number of thiophene rings is 1. The molecule has 4 aromatic rings. The lowest BCUT2D eigenvalue weighted by atomic mass is 10.3. The maximum atomic E-state index is 14.7. The largest absolute Gasteiger partial charge is 0.460 e. The van der Waals surface area contributed by atoms with E-state index in [-0.39, 0.29) is 17.8 Å². The van der Waals surface area contributed by atoms with Crippen LogP contribution in [0.3, 0.4) is 0 Å². The van der Waals surface area contributed by atoms with Crippen molar-refractivity contribution in [3.63, 3.8) is 0 Å². The Morgan fingerprint density at radius 1 is 1.17 bits per heavy atom. The van der Waals surface area contributed by atoms with Crippen LogP contribution in [0.5, 0.6) is 5.75 Å². The van der Waals surface area contributed by atoms with Gasteiger partial charge in [0, 0.05) is 43.9 Å². The number of anilines is 1. The Balaban J connectivity index is 1.31. The highest BCUT2D eigenvalue weighted by atomic mass is 32.2. The zero-order valence-corrected chi connectivity index (χ0v) is 24.0. The van der Waals surface area contributed by atoms with Crippen molar-refractivity contribution in [1.82, 2.24) is 25.2 Å². The zero-order valence-electron chi connectivity index (χ0n) is 22.4. The van der Waals surface area contributed by atoms with Crippen LogP contribution in [0.15, 0.2) is 84.3 Å². The van der Waals surface area contributed by atoms with Crippen LogP contribution in [0.1, 0.15) is 12.1 Å². The highest BCUT2D eigenvalue weighted by molar-refractivity contribution is 7.98. The standard InChI is InChI=1S/C29H28F2N6O2S2/c1-37-20(16-32-11-12-40-2)17-34-28(37)26-15-24-27(41-26)25(9-10-33-24)39-21-8-7-19(13-18(30)14-21)35-29(38)36-23-6-4-3-5-22(23)31/h3-10,13,15,17,32H,11-12,14,16H2,1-2H3,(H2,35,36,38). The van der Waals surface area contributed by atoms with E-state index in [1.54, 1.807) is 36.2 Å². The molecule has 12 heteroatoms. The number of allylic oxidation sites excluding steroid dienone is 4. The number of aromatic nitrogens is 3. The number of halogens is 2. The third-order valence-electron chi connectivity index (χ3n) is 6.19. The minimum Gasteiger partial charge on any atom is -0.460 e. The first-order valence-corrected chi connectivity index (χ1v) is 15.0. The average molecular weight is 595 g/mol. The first kappa shape index (κ1) is 28.5. The van der Waals surface area contributed by atoms with Gasteiger partial charge in [-0.3, -0.25) is 4.98 Å². The van der Waals surface area contributed by atoms with Gasteiger partial charge in [0.2, 0.25) is 0 Å². The number of hydrogen-bond donors (Lipinski definition) is 3. The maximum Gasteiger partial charge on any atom is 0.323 e. The number of para-hydroxylation sites is 1. The predicted molar refractivity (Wildman–Crippen MR) is 161 cm³/mol. The molecule has 0 aliphatic heterocycles. The number of rotatable bonds is 10. The smallest absolute Gasteiger partial charge is 0.323 e. The number of fused-ring (bicyclic) bond motifs is 1. The fraction of sp³-hybridized carbons (Fsp3) is 0.207. The molecule has 1 aliphatic rings. The van der Waals surface area contributed by atoms with Crippen LogP contribution in [-0.2, 0) is 13.6 Å². The van der Waals surface area contributed by atoms with Crippen LogP contribution < -0.4 is 20.7 Å². The Kier molecular flexibility index (Phi) is 9.12. The molecule has 3 heterocycles. The third-order valence-corrected chi connectivity index (χ3v) is 7.94. The Morgan fingerprint density at radius 2 is 2.02 bits per heavy atom. The van der Waals surface area contributed by atoms with Crippen LogP contribution in [0, 0.1) is 5.82 Å². The quantitative estimate of drug-likeness (QED) is 0.181. The molecule has 1 aliphatic carbocycles. The summed E-state index contributed by atoms with van der Waals surface area (Å²) < 4.78 is 37.6. The normalized spacial score (nSPS) is 13.3.